The molecule has 1 rings (SSSR count). The Hall–Kier alpha value is -0.610. The first-order chi connectivity index (χ1) is 7.90. The van der Waals surface area contributed by atoms with E-state index >= 15 is 0 Å². The number of hydrogen-bond acceptors (Lipinski definition) is 3. The molecule has 0 saturated carbocycles. The summed E-state index contributed by atoms with van der Waals surface area (Å²) in [5.74, 6) is -0.0137. The molecule has 2 unspecified atom stereocenters. The highest BCUT2D eigenvalue weighted by atomic mass is 16.5. The molecule has 0 aromatic carbocycles. The number of carbonyl (C=O) groups excluding carboxylic acids is 1. The van der Waals surface area contributed by atoms with Crippen molar-refractivity contribution in [1.29, 1.82) is 0 Å². The molecule has 0 aromatic heterocycles. The van der Waals surface area contributed by atoms with Gasteiger partial charge in [-0.15, -0.1) is 0 Å². The molecular formula is C13H25NO3. The third-order valence-electron chi connectivity index (χ3n) is 2.88. The summed E-state index contributed by atoms with van der Waals surface area (Å²) in [5.41, 5.74) is 0.102. The lowest BCUT2D eigenvalue weighted by Gasteiger charge is -2.25. The van der Waals surface area contributed by atoms with Gasteiger partial charge in [0.25, 0.3) is 0 Å². The van der Waals surface area contributed by atoms with Gasteiger partial charge in [0.15, 0.2) is 0 Å². The second-order valence-electron chi connectivity index (χ2n) is 6.05. The maximum Gasteiger partial charge on any atom is 0.222 e. The molecular weight excluding hydrogens is 218 g/mol. The molecule has 0 aliphatic carbocycles. The first kappa shape index (κ1) is 14.5. The lowest BCUT2D eigenvalue weighted by Crippen LogP contribution is -2.41. The summed E-state index contributed by atoms with van der Waals surface area (Å²) in [6, 6.07) is -0.149. The van der Waals surface area contributed by atoms with E-state index in [-0.39, 0.29) is 30.1 Å². The molecule has 0 aromatic rings. The smallest absolute Gasteiger partial charge is 0.222 e. The van der Waals surface area contributed by atoms with E-state index in [4.69, 9.17) is 4.74 Å². The molecule has 17 heavy (non-hydrogen) atoms. The Labute approximate surface area is 104 Å². The average molecular weight is 243 g/mol. The Kier molecular flexibility index (Phi) is 5.40. The maximum absolute atomic E-state index is 11.8. The number of ether oxygens (including phenoxy) is 1. The number of aliphatic hydroxyl groups excluding tert-OH is 1. The van der Waals surface area contributed by atoms with Crippen LogP contribution < -0.4 is 5.32 Å². The summed E-state index contributed by atoms with van der Waals surface area (Å²) < 4.78 is 5.42. The largest absolute Gasteiger partial charge is 0.394 e. The molecule has 0 bridgehead atoms. The molecule has 4 nitrogen and oxygen atoms in total. The van der Waals surface area contributed by atoms with Crippen molar-refractivity contribution < 1.29 is 14.6 Å². The quantitative estimate of drug-likeness (QED) is 0.768. The van der Waals surface area contributed by atoms with Crippen LogP contribution in [0.2, 0.25) is 0 Å². The van der Waals surface area contributed by atoms with Crippen LogP contribution in [0, 0.1) is 5.41 Å². The zero-order valence-corrected chi connectivity index (χ0v) is 11.2. The fourth-order valence-electron chi connectivity index (χ4n) is 2.20. The predicted molar refractivity (Wildman–Crippen MR) is 66.7 cm³/mol. The van der Waals surface area contributed by atoms with Crippen LogP contribution in [0.3, 0.4) is 0 Å². The van der Waals surface area contributed by atoms with Crippen molar-refractivity contribution in [3.8, 4) is 0 Å². The first-order valence-corrected chi connectivity index (χ1v) is 6.42. The van der Waals surface area contributed by atoms with Crippen LogP contribution in [0.5, 0.6) is 0 Å². The van der Waals surface area contributed by atoms with Gasteiger partial charge < -0.3 is 15.2 Å². The second kappa shape index (κ2) is 6.36. The van der Waals surface area contributed by atoms with Gasteiger partial charge in [0.1, 0.15) is 0 Å². The minimum absolute atomic E-state index is 0.00542. The molecule has 100 valence electrons. The molecule has 0 radical (unpaired) electrons. The van der Waals surface area contributed by atoms with Crippen LogP contribution in [0.25, 0.3) is 0 Å². The van der Waals surface area contributed by atoms with Crippen LogP contribution >= 0.6 is 0 Å². The minimum atomic E-state index is -0.149. The fraction of sp³-hybridized carbons (Fsp3) is 0.923. The van der Waals surface area contributed by atoms with Gasteiger partial charge in [-0.1, -0.05) is 20.8 Å². The molecule has 4 heteroatoms. The summed E-state index contributed by atoms with van der Waals surface area (Å²) in [6.07, 6.45) is 3.28. The van der Waals surface area contributed by atoms with Gasteiger partial charge in [-0.05, 0) is 24.7 Å². The van der Waals surface area contributed by atoms with Crippen molar-refractivity contribution in [2.75, 3.05) is 13.2 Å². The number of hydrogen-bond donors (Lipinski definition) is 2. The predicted octanol–water partition coefficient (Wildman–Crippen LogP) is 1.47. The zero-order valence-electron chi connectivity index (χ0n) is 11.2. The van der Waals surface area contributed by atoms with Gasteiger partial charge in [-0.2, -0.15) is 0 Å². The fourth-order valence-corrected chi connectivity index (χ4v) is 2.20. The highest BCUT2D eigenvalue weighted by Gasteiger charge is 2.23. The summed E-state index contributed by atoms with van der Waals surface area (Å²) in [5, 5.41) is 12.1. The number of amides is 1. The van der Waals surface area contributed by atoms with E-state index in [9.17, 15) is 9.90 Å². The molecule has 1 amide bonds. The van der Waals surface area contributed by atoms with E-state index in [1.165, 1.54) is 0 Å². The lowest BCUT2D eigenvalue weighted by atomic mass is 9.88. The number of carbonyl (C=O) groups is 1. The summed E-state index contributed by atoms with van der Waals surface area (Å²) in [7, 11) is 0. The Balaban J connectivity index is 2.31. The van der Waals surface area contributed by atoms with E-state index < -0.39 is 0 Å². The number of rotatable bonds is 5. The van der Waals surface area contributed by atoms with Crippen molar-refractivity contribution in [3.63, 3.8) is 0 Å². The highest BCUT2D eigenvalue weighted by Crippen LogP contribution is 2.21. The van der Waals surface area contributed by atoms with Crippen LogP contribution in [0.1, 0.15) is 46.5 Å². The molecule has 1 fully saturated rings. The van der Waals surface area contributed by atoms with Crippen LogP contribution in [0.15, 0.2) is 0 Å². The maximum atomic E-state index is 11.8. The normalized spacial score (nSPS) is 22.5. The van der Waals surface area contributed by atoms with Gasteiger partial charge in [-0.3, -0.25) is 4.79 Å². The van der Waals surface area contributed by atoms with E-state index in [0.717, 1.165) is 25.9 Å². The topological polar surface area (TPSA) is 58.6 Å². The van der Waals surface area contributed by atoms with Crippen LogP contribution in [-0.2, 0) is 9.53 Å². The van der Waals surface area contributed by atoms with E-state index in [0.29, 0.717) is 6.42 Å². The monoisotopic (exact) mass is 243 g/mol. The molecule has 2 N–H and O–H groups in total. The summed E-state index contributed by atoms with van der Waals surface area (Å²) in [4.78, 5) is 11.8. The number of nitrogens with one attached hydrogen (secondary N) is 1. The molecule has 0 spiro atoms. The Morgan fingerprint density at radius 1 is 1.53 bits per heavy atom. The number of aliphatic hydroxyl groups is 1. The first-order valence-electron chi connectivity index (χ1n) is 6.42. The zero-order chi connectivity index (χ0) is 12.9. The lowest BCUT2D eigenvalue weighted by molar-refractivity contribution is -0.124. The van der Waals surface area contributed by atoms with Gasteiger partial charge in [0.05, 0.1) is 25.2 Å². The van der Waals surface area contributed by atoms with Gasteiger partial charge in [0, 0.05) is 6.61 Å². The van der Waals surface area contributed by atoms with Crippen LogP contribution in [-0.4, -0.2) is 36.4 Å². The third kappa shape index (κ3) is 6.03. The van der Waals surface area contributed by atoms with Crippen molar-refractivity contribution in [2.24, 2.45) is 5.41 Å². The molecule has 1 aliphatic rings. The van der Waals surface area contributed by atoms with E-state index in [1.807, 2.05) is 0 Å². The molecule has 1 aliphatic heterocycles. The van der Waals surface area contributed by atoms with Gasteiger partial charge >= 0.3 is 0 Å². The van der Waals surface area contributed by atoms with Crippen LogP contribution in [0.4, 0.5) is 0 Å². The van der Waals surface area contributed by atoms with E-state index in [1.54, 1.807) is 0 Å². The summed E-state index contributed by atoms with van der Waals surface area (Å²) in [6.45, 7) is 7.06. The van der Waals surface area contributed by atoms with Crippen molar-refractivity contribution in [3.05, 3.63) is 0 Å². The van der Waals surface area contributed by atoms with Crippen molar-refractivity contribution in [2.45, 2.75) is 58.6 Å². The average Bonchev–Trinajstić information content (AvgIpc) is 2.67. The Bertz CT molecular complexity index is 242. The van der Waals surface area contributed by atoms with Crippen molar-refractivity contribution in [1.82, 2.24) is 5.32 Å². The highest BCUT2D eigenvalue weighted by molar-refractivity contribution is 5.76. The second-order valence-corrected chi connectivity index (χ2v) is 6.05. The SMILES string of the molecule is CC(C)(C)CC(CO)NC(=O)CC1CCCO1. The van der Waals surface area contributed by atoms with Gasteiger partial charge in [-0.25, -0.2) is 0 Å². The van der Waals surface area contributed by atoms with E-state index in [2.05, 4.69) is 26.1 Å². The third-order valence-corrected chi connectivity index (χ3v) is 2.88. The standard InChI is InChI=1S/C13H25NO3/c1-13(2,3)8-10(9-15)14-12(16)7-11-5-4-6-17-11/h10-11,15H,4-9H2,1-3H3,(H,14,16). The molecule has 1 heterocycles. The summed E-state index contributed by atoms with van der Waals surface area (Å²) >= 11 is 0. The van der Waals surface area contributed by atoms with Gasteiger partial charge in [0.2, 0.25) is 5.91 Å². The Morgan fingerprint density at radius 2 is 2.24 bits per heavy atom. The van der Waals surface area contributed by atoms with Crippen molar-refractivity contribution >= 4 is 5.91 Å². The molecule has 2 atom stereocenters. The molecule has 1 saturated heterocycles. The minimum Gasteiger partial charge on any atom is -0.394 e. The Morgan fingerprint density at radius 3 is 2.71 bits per heavy atom.